The van der Waals surface area contributed by atoms with Crippen LogP contribution in [0.3, 0.4) is 0 Å². The molecule has 0 saturated carbocycles. The second kappa shape index (κ2) is 9.06. The molecule has 0 amide bonds. The summed E-state index contributed by atoms with van der Waals surface area (Å²) in [5, 5.41) is 1.52. The van der Waals surface area contributed by atoms with Gasteiger partial charge >= 0.3 is 42.1 Å². The summed E-state index contributed by atoms with van der Waals surface area (Å²) in [6, 6.07) is 0. The minimum absolute atomic E-state index is 0. The first-order valence-corrected chi connectivity index (χ1v) is 13.8. The van der Waals surface area contributed by atoms with Gasteiger partial charge in [-0.3, -0.25) is 0 Å². The molecule has 0 aromatic carbocycles. The first-order chi connectivity index (χ1) is 1.41. The van der Waals surface area contributed by atoms with Gasteiger partial charge < -0.3 is 0 Å². The zero-order valence-corrected chi connectivity index (χ0v) is 7.65. The Kier molecular flexibility index (Phi) is 21.9. The van der Waals surface area contributed by atoms with E-state index in [9.17, 15) is 0 Å². The molecule has 0 fully saturated rings. The Morgan fingerprint density at radius 2 is 1.75 bits per heavy atom. The Labute approximate surface area is 58.4 Å². The Morgan fingerprint density at radius 1 is 1.75 bits per heavy atom. The van der Waals surface area contributed by atoms with Crippen molar-refractivity contribution >= 4 is 59.4 Å². The summed E-state index contributed by atoms with van der Waals surface area (Å²) >= 11 is 0.181. The molecule has 0 aliphatic heterocycles. The second-order valence-electron chi connectivity index (χ2n) is 0.408. The SMILES string of the molecule is [AlH3].[SiH3][Ca][PH2]. The molecule has 22 valence electrons. The van der Waals surface area contributed by atoms with Crippen LogP contribution in [0.5, 0.6) is 0 Å². The summed E-state index contributed by atoms with van der Waals surface area (Å²) in [5.41, 5.74) is 0. The molecule has 0 heterocycles. The molecule has 0 spiro atoms. The van der Waals surface area contributed by atoms with Crippen LogP contribution in [0.2, 0.25) is 0 Å². The molecule has 1 atom stereocenters. The van der Waals surface area contributed by atoms with E-state index in [2.05, 4.69) is 4.65 Å². The summed E-state index contributed by atoms with van der Waals surface area (Å²) < 4.78 is 2.83. The average molecular weight is 134 g/mol. The third kappa shape index (κ3) is 8.83. The summed E-state index contributed by atoms with van der Waals surface area (Å²) in [5.74, 6) is 0. The van der Waals surface area contributed by atoms with E-state index < -0.39 is 0 Å². The van der Waals surface area contributed by atoms with Crippen molar-refractivity contribution in [3.05, 3.63) is 0 Å². The van der Waals surface area contributed by atoms with E-state index in [-0.39, 0.29) is 49.4 Å². The quantitative estimate of drug-likeness (QED) is 0.255. The molecule has 0 aliphatic carbocycles. The van der Waals surface area contributed by atoms with Gasteiger partial charge in [-0.1, -0.05) is 0 Å². The van der Waals surface area contributed by atoms with Crippen LogP contribution in [0.25, 0.3) is 0 Å². The van der Waals surface area contributed by atoms with Crippen molar-refractivity contribution in [2.24, 2.45) is 0 Å². The molecule has 0 bridgehead atoms. The van der Waals surface area contributed by atoms with E-state index in [4.69, 9.17) is 0 Å². The average Bonchev–Trinajstić information content (AvgIpc) is 0.918. The summed E-state index contributed by atoms with van der Waals surface area (Å²) in [4.78, 5) is 0. The van der Waals surface area contributed by atoms with Crippen molar-refractivity contribution in [1.82, 2.24) is 0 Å². The van der Waals surface area contributed by atoms with Gasteiger partial charge in [-0.05, 0) is 0 Å². The molecule has 0 nitrogen and oxygen atoms in total. The van der Waals surface area contributed by atoms with Gasteiger partial charge in [0.25, 0.3) is 0 Å². The zero-order chi connectivity index (χ0) is 2.71. The molecular formula is H8AlCaPSi. The van der Waals surface area contributed by atoms with E-state index in [1.807, 2.05) is 0 Å². The Balaban J connectivity index is 0. The van der Waals surface area contributed by atoms with Crippen molar-refractivity contribution in [3.8, 4) is 0 Å². The monoisotopic (exact) mass is 134 g/mol. The minimum atomic E-state index is 0. The number of hydrogen-bond donors (Lipinski definition) is 0. The van der Waals surface area contributed by atoms with Crippen LogP contribution >= 0.6 is 4.65 Å². The van der Waals surface area contributed by atoms with Crippen molar-refractivity contribution in [2.45, 2.75) is 0 Å². The molecule has 0 N–H and O–H groups in total. The van der Waals surface area contributed by atoms with Gasteiger partial charge in [0.05, 0.1) is 0 Å². The molecular weight excluding hydrogens is 126 g/mol. The van der Waals surface area contributed by atoms with Gasteiger partial charge in [-0.15, -0.1) is 0 Å². The summed E-state index contributed by atoms with van der Waals surface area (Å²) in [7, 11) is 0. The van der Waals surface area contributed by atoms with E-state index in [1.54, 1.807) is 0 Å². The predicted molar refractivity (Wildman–Crippen MR) is 35.3 cm³/mol. The van der Waals surface area contributed by atoms with Crippen LogP contribution < -0.4 is 0 Å². The molecule has 0 aromatic heterocycles. The molecule has 0 aliphatic rings. The molecule has 0 rings (SSSR count). The predicted octanol–water partition coefficient (Wildman–Crippen LogP) is -2.42. The molecule has 0 saturated heterocycles. The fraction of sp³-hybridized carbons (Fsp3) is 0. The van der Waals surface area contributed by atoms with Crippen LogP contribution in [-0.2, 0) is 0 Å². The fourth-order valence-corrected chi connectivity index (χ4v) is 0. The third-order valence-corrected chi connectivity index (χ3v) is 0. The van der Waals surface area contributed by atoms with E-state index >= 15 is 0 Å². The zero-order valence-electron chi connectivity index (χ0n) is 2.28. The first-order valence-electron chi connectivity index (χ1n) is 1.12. The van der Waals surface area contributed by atoms with Crippen LogP contribution in [0.4, 0.5) is 0 Å². The Bertz CT molecular complexity index is 8.00. The Hall–Kier alpha value is 2.44. The van der Waals surface area contributed by atoms with E-state index in [0.717, 1.165) is 0 Å². The van der Waals surface area contributed by atoms with Crippen LogP contribution in [0.15, 0.2) is 0 Å². The normalized spacial score (nSPS) is 3.25. The maximum atomic E-state index is 2.83. The van der Waals surface area contributed by atoms with Crippen molar-refractivity contribution < 1.29 is 0 Å². The molecule has 0 aromatic rings. The first kappa shape index (κ1) is 9.67. The maximum absolute atomic E-state index is 2.83. The third-order valence-electron chi connectivity index (χ3n) is 0. The van der Waals surface area contributed by atoms with Gasteiger partial charge in [-0.2, -0.15) is 0 Å². The number of rotatable bonds is 0. The van der Waals surface area contributed by atoms with Crippen molar-refractivity contribution in [2.75, 3.05) is 0 Å². The van der Waals surface area contributed by atoms with E-state index in [1.165, 1.54) is 5.38 Å². The topological polar surface area (TPSA) is 0 Å². The second-order valence-corrected chi connectivity index (χ2v) is 15.1. The van der Waals surface area contributed by atoms with Crippen LogP contribution in [0.1, 0.15) is 0 Å². The van der Waals surface area contributed by atoms with Gasteiger partial charge in [0.15, 0.2) is 17.4 Å². The van der Waals surface area contributed by atoms with Crippen LogP contribution in [0, 0.1) is 0 Å². The molecule has 0 radical (unpaired) electrons. The van der Waals surface area contributed by atoms with Gasteiger partial charge in [0.2, 0.25) is 0 Å². The standard InChI is InChI=1S/Al.Ca.H2P.H3Si.3H/h;;1H2;1H3;;;/q;+1;-1;;;;. The number of hydrogen-bond acceptors (Lipinski definition) is 0. The van der Waals surface area contributed by atoms with Crippen molar-refractivity contribution in [1.29, 1.82) is 0 Å². The molecule has 4 heavy (non-hydrogen) atoms. The van der Waals surface area contributed by atoms with E-state index in [0.29, 0.717) is 0 Å². The van der Waals surface area contributed by atoms with Crippen molar-refractivity contribution in [3.63, 3.8) is 0 Å². The van der Waals surface area contributed by atoms with Crippen LogP contribution in [-0.4, -0.2) is 54.8 Å². The van der Waals surface area contributed by atoms with Gasteiger partial charge in [0, 0.05) is 0 Å². The molecule has 1 unspecified atom stereocenters. The van der Waals surface area contributed by atoms with Gasteiger partial charge in [-0.25, -0.2) is 0 Å². The van der Waals surface area contributed by atoms with Gasteiger partial charge in [0.1, 0.15) is 0 Å². The summed E-state index contributed by atoms with van der Waals surface area (Å²) in [6.45, 7) is 0. The Morgan fingerprint density at radius 3 is 1.75 bits per heavy atom. The fourth-order valence-electron chi connectivity index (χ4n) is 0. The summed E-state index contributed by atoms with van der Waals surface area (Å²) in [6.07, 6.45) is 0. The molecule has 4 heteroatoms.